The molecule has 0 aliphatic carbocycles. The Morgan fingerprint density at radius 1 is 1.29 bits per heavy atom. The smallest absolute Gasteiger partial charge is 0.304 e. The van der Waals surface area contributed by atoms with Crippen LogP contribution in [0.4, 0.5) is 10.7 Å². The average Bonchev–Trinajstić information content (AvgIpc) is 3.10. The zero-order valence-electron chi connectivity index (χ0n) is 12.8. The van der Waals surface area contributed by atoms with Crippen molar-refractivity contribution in [2.45, 2.75) is 17.2 Å². The number of benzene rings is 1. The first-order valence-electron chi connectivity index (χ1n) is 6.99. The van der Waals surface area contributed by atoms with Gasteiger partial charge in [0.15, 0.2) is 14.8 Å². The van der Waals surface area contributed by atoms with Crippen LogP contribution in [0.1, 0.15) is 18.7 Å². The minimum Gasteiger partial charge on any atom is -0.459 e. The summed E-state index contributed by atoms with van der Waals surface area (Å²) in [6.07, 6.45) is 1.02. The van der Waals surface area contributed by atoms with Crippen LogP contribution in [0.15, 0.2) is 45.0 Å². The molecule has 0 saturated carbocycles. The number of hydrogen-bond donors (Lipinski definition) is 1. The Bertz CT molecular complexity index is 987. The molecule has 2 heterocycles. The summed E-state index contributed by atoms with van der Waals surface area (Å²) in [6.45, 7) is 1.79. The van der Waals surface area contributed by atoms with Gasteiger partial charge in [0.25, 0.3) is 0 Å². The van der Waals surface area contributed by atoms with Crippen LogP contribution in [0.2, 0.25) is 0 Å². The Hall–Kier alpha value is -2.39. The first kappa shape index (κ1) is 16.5. The largest absolute Gasteiger partial charge is 0.459 e. The van der Waals surface area contributed by atoms with E-state index in [2.05, 4.69) is 5.32 Å². The number of nitrogens with one attached hydrogen (secondary N) is 1. The van der Waals surface area contributed by atoms with Crippen LogP contribution in [0.25, 0.3) is 11.0 Å². The number of para-hydroxylation sites is 1. The summed E-state index contributed by atoms with van der Waals surface area (Å²) in [4.78, 5) is 10.6. The van der Waals surface area contributed by atoms with Gasteiger partial charge in [0.05, 0.1) is 11.0 Å². The second kappa shape index (κ2) is 5.91. The van der Waals surface area contributed by atoms with Crippen LogP contribution in [0.5, 0.6) is 0 Å². The predicted octanol–water partition coefficient (Wildman–Crippen LogP) is 3.98. The van der Waals surface area contributed by atoms with Gasteiger partial charge in [0.1, 0.15) is 15.6 Å². The average molecular weight is 366 g/mol. The van der Waals surface area contributed by atoms with E-state index in [1.807, 2.05) is 30.3 Å². The van der Waals surface area contributed by atoms with Gasteiger partial charge in [-0.2, -0.15) is 0 Å². The van der Waals surface area contributed by atoms with E-state index in [1.54, 1.807) is 6.92 Å². The zero-order chi connectivity index (χ0) is 17.5. The molecule has 0 spiro atoms. The normalized spacial score (nSPS) is 13.1. The number of rotatable bonds is 5. The maximum absolute atomic E-state index is 11.6. The van der Waals surface area contributed by atoms with E-state index in [4.69, 9.17) is 4.42 Å². The van der Waals surface area contributed by atoms with Gasteiger partial charge in [0, 0.05) is 17.7 Å². The minimum absolute atomic E-state index is 0.0477. The summed E-state index contributed by atoms with van der Waals surface area (Å²) < 4.78 is 29.0. The summed E-state index contributed by atoms with van der Waals surface area (Å²) in [6, 6.07) is 10.1. The second-order valence-corrected chi connectivity index (χ2v) is 8.66. The summed E-state index contributed by atoms with van der Waals surface area (Å²) in [5.41, 5.74) is 0.460. The molecule has 1 N–H and O–H groups in total. The third-order valence-electron chi connectivity index (χ3n) is 3.47. The number of fused-ring (bicyclic) bond motifs is 1. The molecular formula is C15H14N2O5S2. The highest BCUT2D eigenvalue weighted by Crippen LogP contribution is 2.39. The van der Waals surface area contributed by atoms with Gasteiger partial charge in [-0.25, -0.2) is 8.42 Å². The third-order valence-corrected chi connectivity index (χ3v) is 6.33. The lowest BCUT2D eigenvalue weighted by atomic mass is 10.2. The number of thiophene rings is 1. The first-order chi connectivity index (χ1) is 11.3. The number of hydrogen-bond acceptors (Lipinski definition) is 7. The molecule has 2 aromatic heterocycles. The number of nitrogens with zero attached hydrogens (tertiary/aromatic N) is 1. The molecule has 1 atom stereocenters. The van der Waals surface area contributed by atoms with Gasteiger partial charge < -0.3 is 9.73 Å². The van der Waals surface area contributed by atoms with E-state index in [0.717, 1.165) is 34.6 Å². The van der Waals surface area contributed by atoms with E-state index in [-0.39, 0.29) is 20.9 Å². The van der Waals surface area contributed by atoms with Crippen LogP contribution in [0.3, 0.4) is 0 Å². The number of nitro groups is 1. The molecule has 7 nitrogen and oxygen atoms in total. The number of furan rings is 1. The highest BCUT2D eigenvalue weighted by Gasteiger charge is 2.25. The van der Waals surface area contributed by atoms with Crippen LogP contribution >= 0.6 is 11.3 Å². The molecule has 0 saturated heterocycles. The molecule has 3 aromatic rings. The van der Waals surface area contributed by atoms with Crippen molar-refractivity contribution in [2.24, 2.45) is 0 Å². The Balaban J connectivity index is 1.94. The van der Waals surface area contributed by atoms with Gasteiger partial charge in [0.2, 0.25) is 0 Å². The first-order valence-corrected chi connectivity index (χ1v) is 9.70. The number of anilines is 1. The molecule has 0 bridgehead atoms. The standard InChI is InChI=1S/C15H14N2O5S2/c1-9(13-7-10-5-3-4-6-12(10)22-13)16-15-11(17(18)19)8-14(23-15)24(2,20)21/h3-9,16H,1-2H3/t9-/m1/s1. The van der Waals surface area contributed by atoms with E-state index < -0.39 is 14.8 Å². The molecule has 0 amide bonds. The Morgan fingerprint density at radius 3 is 2.62 bits per heavy atom. The van der Waals surface area contributed by atoms with Crippen molar-refractivity contribution >= 4 is 42.8 Å². The highest BCUT2D eigenvalue weighted by atomic mass is 32.2. The lowest BCUT2D eigenvalue weighted by Gasteiger charge is -2.10. The summed E-state index contributed by atoms with van der Waals surface area (Å²) in [5, 5.41) is 15.3. The van der Waals surface area contributed by atoms with Crippen molar-refractivity contribution in [1.29, 1.82) is 0 Å². The molecular weight excluding hydrogens is 352 g/mol. The predicted molar refractivity (Wildman–Crippen MR) is 92.3 cm³/mol. The summed E-state index contributed by atoms with van der Waals surface area (Å²) >= 11 is 0.842. The number of sulfone groups is 1. The quantitative estimate of drug-likeness (QED) is 0.541. The fourth-order valence-corrected chi connectivity index (χ4v) is 4.29. The van der Waals surface area contributed by atoms with Gasteiger partial charge in [-0.15, -0.1) is 0 Å². The van der Waals surface area contributed by atoms with Crippen molar-refractivity contribution in [3.8, 4) is 0 Å². The zero-order valence-corrected chi connectivity index (χ0v) is 14.5. The fraction of sp³-hybridized carbons (Fsp3) is 0.200. The molecule has 0 aliphatic rings. The molecule has 3 rings (SSSR count). The molecule has 9 heteroatoms. The molecule has 24 heavy (non-hydrogen) atoms. The highest BCUT2D eigenvalue weighted by molar-refractivity contribution is 7.92. The lowest BCUT2D eigenvalue weighted by molar-refractivity contribution is -0.383. The van der Waals surface area contributed by atoms with Crippen molar-refractivity contribution in [3.05, 3.63) is 52.3 Å². The van der Waals surface area contributed by atoms with Crippen molar-refractivity contribution in [3.63, 3.8) is 0 Å². The molecule has 126 valence electrons. The topological polar surface area (TPSA) is 102 Å². The summed E-state index contributed by atoms with van der Waals surface area (Å²) in [5.74, 6) is 0.611. The van der Waals surface area contributed by atoms with Crippen LogP contribution < -0.4 is 5.32 Å². The Morgan fingerprint density at radius 2 is 2.00 bits per heavy atom. The molecule has 0 radical (unpaired) electrons. The Kier molecular flexibility index (Phi) is 4.06. The van der Waals surface area contributed by atoms with E-state index in [0.29, 0.717) is 5.76 Å². The van der Waals surface area contributed by atoms with Gasteiger partial charge in [-0.05, 0) is 19.1 Å². The van der Waals surface area contributed by atoms with Gasteiger partial charge in [-0.3, -0.25) is 10.1 Å². The van der Waals surface area contributed by atoms with Crippen LogP contribution in [-0.2, 0) is 9.84 Å². The lowest BCUT2D eigenvalue weighted by Crippen LogP contribution is -2.05. The molecule has 0 unspecified atom stereocenters. The summed E-state index contributed by atoms with van der Waals surface area (Å²) in [7, 11) is -3.51. The van der Waals surface area contributed by atoms with E-state index >= 15 is 0 Å². The van der Waals surface area contributed by atoms with Gasteiger partial charge >= 0.3 is 5.69 Å². The van der Waals surface area contributed by atoms with E-state index in [1.165, 1.54) is 0 Å². The maximum Gasteiger partial charge on any atom is 0.304 e. The molecule has 0 fully saturated rings. The minimum atomic E-state index is -3.51. The SMILES string of the molecule is C[C@@H](Nc1sc(S(C)(=O)=O)cc1[N+](=O)[O-])c1cc2ccccc2o1. The fourth-order valence-electron chi connectivity index (χ4n) is 2.26. The maximum atomic E-state index is 11.6. The van der Waals surface area contributed by atoms with Crippen LogP contribution in [0, 0.1) is 10.1 Å². The van der Waals surface area contributed by atoms with Gasteiger partial charge in [-0.1, -0.05) is 29.5 Å². The second-order valence-electron chi connectivity index (χ2n) is 5.36. The molecule has 1 aromatic carbocycles. The monoisotopic (exact) mass is 366 g/mol. The van der Waals surface area contributed by atoms with Crippen molar-refractivity contribution < 1.29 is 17.8 Å². The van der Waals surface area contributed by atoms with Crippen molar-refractivity contribution in [1.82, 2.24) is 0 Å². The van der Waals surface area contributed by atoms with E-state index in [9.17, 15) is 18.5 Å². The van der Waals surface area contributed by atoms with Crippen LogP contribution in [-0.4, -0.2) is 19.6 Å². The molecule has 0 aliphatic heterocycles. The van der Waals surface area contributed by atoms with Crippen molar-refractivity contribution in [2.75, 3.05) is 11.6 Å². The Labute approximate surface area is 142 Å². The third kappa shape index (κ3) is 3.13.